The fourth-order valence-electron chi connectivity index (χ4n) is 3.79. The molecule has 7 nitrogen and oxygen atoms in total. The van der Waals surface area contributed by atoms with Gasteiger partial charge in [-0.15, -0.1) is 0 Å². The van der Waals surface area contributed by atoms with Crippen molar-refractivity contribution in [1.82, 2.24) is 10.3 Å². The quantitative estimate of drug-likeness (QED) is 0.792. The highest BCUT2D eigenvalue weighted by molar-refractivity contribution is 6.62. The van der Waals surface area contributed by atoms with E-state index in [2.05, 4.69) is 27.3 Å². The maximum Gasteiger partial charge on any atom is 0.494 e. The van der Waals surface area contributed by atoms with Crippen LogP contribution in [0.15, 0.2) is 30.5 Å². The summed E-state index contributed by atoms with van der Waals surface area (Å²) in [5.74, 6) is 0.866. The van der Waals surface area contributed by atoms with E-state index >= 15 is 0 Å². The number of fused-ring (bicyclic) bond motifs is 1. The summed E-state index contributed by atoms with van der Waals surface area (Å²) < 4.78 is 12.4. The Hall–Kier alpha value is -2.32. The highest BCUT2D eigenvalue weighted by Gasteiger charge is 2.51. The zero-order valence-corrected chi connectivity index (χ0v) is 16.7. The smallest absolute Gasteiger partial charge is 0.465 e. The molecule has 0 unspecified atom stereocenters. The minimum absolute atomic E-state index is 0.0826. The number of rotatable bonds is 3. The van der Waals surface area contributed by atoms with Crippen LogP contribution >= 0.6 is 0 Å². The van der Waals surface area contributed by atoms with Gasteiger partial charge < -0.3 is 24.6 Å². The number of pyridine rings is 1. The molecule has 4 rings (SSSR count). The van der Waals surface area contributed by atoms with Gasteiger partial charge in [0, 0.05) is 24.7 Å². The predicted molar refractivity (Wildman–Crippen MR) is 109 cm³/mol. The SMILES string of the molecule is CC1(C)OB(c2ccc3ccnc(N4CC[C@@H](NC(=O)O)C4)c3c2)OC1(C)C. The molecule has 1 aromatic carbocycles. The van der Waals surface area contributed by atoms with Gasteiger partial charge in [-0.2, -0.15) is 0 Å². The third kappa shape index (κ3) is 3.31. The van der Waals surface area contributed by atoms with Crippen molar-refractivity contribution in [1.29, 1.82) is 0 Å². The molecule has 148 valence electrons. The van der Waals surface area contributed by atoms with Crippen LogP contribution in [0.1, 0.15) is 34.1 Å². The van der Waals surface area contributed by atoms with Crippen molar-refractivity contribution < 1.29 is 19.2 Å². The number of nitrogens with one attached hydrogen (secondary N) is 1. The summed E-state index contributed by atoms with van der Waals surface area (Å²) in [6, 6.07) is 8.07. The molecule has 2 fully saturated rings. The van der Waals surface area contributed by atoms with Gasteiger partial charge in [-0.05, 0) is 51.0 Å². The number of carbonyl (C=O) groups is 1. The van der Waals surface area contributed by atoms with Crippen LogP contribution in [0.25, 0.3) is 10.8 Å². The molecular weight excluding hydrogens is 357 g/mol. The number of hydrogen-bond acceptors (Lipinski definition) is 5. The standard InChI is InChI=1S/C20H26BN3O4/c1-19(2)20(3,4)28-21(27-19)14-6-5-13-7-9-22-17(16(13)11-14)24-10-8-15(12-24)23-18(25)26/h5-7,9,11,15,23H,8,10,12H2,1-4H3,(H,25,26)/t15-/m1/s1. The zero-order valence-electron chi connectivity index (χ0n) is 16.7. The third-order valence-corrected chi connectivity index (χ3v) is 6.11. The number of anilines is 1. The minimum Gasteiger partial charge on any atom is -0.465 e. The molecule has 2 N–H and O–H groups in total. The molecule has 2 aliphatic heterocycles. The predicted octanol–water partition coefficient (Wildman–Crippen LogP) is 2.38. The van der Waals surface area contributed by atoms with Crippen molar-refractivity contribution >= 4 is 35.3 Å². The summed E-state index contributed by atoms with van der Waals surface area (Å²) in [6.45, 7) is 9.54. The van der Waals surface area contributed by atoms with Crippen LogP contribution in [-0.4, -0.2) is 53.6 Å². The number of nitrogens with zero attached hydrogens (tertiary/aromatic N) is 2. The van der Waals surface area contributed by atoms with E-state index in [0.717, 1.165) is 35.0 Å². The molecule has 1 aromatic heterocycles. The summed E-state index contributed by atoms with van der Waals surface area (Å²) in [4.78, 5) is 17.7. The van der Waals surface area contributed by atoms with E-state index in [1.54, 1.807) is 6.20 Å². The Morgan fingerprint density at radius 1 is 1.25 bits per heavy atom. The molecule has 0 saturated carbocycles. The van der Waals surface area contributed by atoms with Crippen LogP contribution < -0.4 is 15.7 Å². The molecule has 0 aliphatic carbocycles. The van der Waals surface area contributed by atoms with Crippen molar-refractivity contribution in [2.24, 2.45) is 0 Å². The summed E-state index contributed by atoms with van der Waals surface area (Å²) in [7, 11) is -0.428. The number of carboxylic acid groups (broad SMARTS) is 1. The first-order chi connectivity index (χ1) is 13.2. The maximum absolute atomic E-state index is 10.9. The second-order valence-corrected chi connectivity index (χ2v) is 8.58. The molecule has 28 heavy (non-hydrogen) atoms. The Balaban J connectivity index is 1.65. The fourth-order valence-corrected chi connectivity index (χ4v) is 3.79. The van der Waals surface area contributed by atoms with Crippen molar-refractivity contribution in [2.45, 2.75) is 51.4 Å². The molecule has 2 saturated heterocycles. The van der Waals surface area contributed by atoms with Gasteiger partial charge in [0.05, 0.1) is 17.2 Å². The molecule has 0 bridgehead atoms. The summed E-state index contributed by atoms with van der Waals surface area (Å²) in [5, 5.41) is 13.6. The van der Waals surface area contributed by atoms with E-state index in [-0.39, 0.29) is 6.04 Å². The molecular formula is C20H26BN3O4. The van der Waals surface area contributed by atoms with Crippen LogP contribution in [-0.2, 0) is 9.31 Å². The lowest BCUT2D eigenvalue weighted by molar-refractivity contribution is 0.00578. The Kier molecular flexibility index (Phi) is 4.51. The van der Waals surface area contributed by atoms with Crippen LogP contribution in [0.3, 0.4) is 0 Å². The van der Waals surface area contributed by atoms with Crippen LogP contribution in [0.5, 0.6) is 0 Å². The Morgan fingerprint density at radius 2 is 1.96 bits per heavy atom. The first-order valence-corrected chi connectivity index (χ1v) is 9.65. The van der Waals surface area contributed by atoms with Crippen molar-refractivity contribution in [3.05, 3.63) is 30.5 Å². The van der Waals surface area contributed by atoms with Gasteiger partial charge >= 0.3 is 13.2 Å². The zero-order chi connectivity index (χ0) is 20.1. The largest absolute Gasteiger partial charge is 0.494 e. The highest BCUT2D eigenvalue weighted by atomic mass is 16.7. The third-order valence-electron chi connectivity index (χ3n) is 6.11. The van der Waals surface area contributed by atoms with E-state index in [1.807, 2.05) is 39.8 Å². The molecule has 1 amide bonds. The Bertz CT molecular complexity index is 901. The van der Waals surface area contributed by atoms with Gasteiger partial charge in [-0.3, -0.25) is 0 Å². The molecule has 2 aliphatic rings. The summed E-state index contributed by atoms with van der Waals surface area (Å²) in [5.41, 5.74) is 0.171. The summed E-state index contributed by atoms with van der Waals surface area (Å²) >= 11 is 0. The van der Waals surface area contributed by atoms with Crippen molar-refractivity contribution in [2.75, 3.05) is 18.0 Å². The number of hydrogen-bond donors (Lipinski definition) is 2. The van der Waals surface area contributed by atoms with Crippen LogP contribution in [0, 0.1) is 0 Å². The lowest BCUT2D eigenvalue weighted by atomic mass is 9.78. The normalized spacial score (nSPS) is 23.4. The lowest BCUT2D eigenvalue weighted by Crippen LogP contribution is -2.41. The van der Waals surface area contributed by atoms with E-state index < -0.39 is 24.4 Å². The van der Waals surface area contributed by atoms with Crippen molar-refractivity contribution in [3.63, 3.8) is 0 Å². The topological polar surface area (TPSA) is 83.9 Å². The average molecular weight is 383 g/mol. The monoisotopic (exact) mass is 383 g/mol. The highest BCUT2D eigenvalue weighted by Crippen LogP contribution is 2.37. The number of amides is 1. The maximum atomic E-state index is 10.9. The van der Waals surface area contributed by atoms with Crippen LogP contribution in [0.4, 0.5) is 10.6 Å². The first-order valence-electron chi connectivity index (χ1n) is 9.65. The molecule has 8 heteroatoms. The van der Waals surface area contributed by atoms with Gasteiger partial charge in [0.15, 0.2) is 0 Å². The van der Waals surface area contributed by atoms with Gasteiger partial charge in [0.25, 0.3) is 0 Å². The fraction of sp³-hybridized carbons (Fsp3) is 0.500. The van der Waals surface area contributed by atoms with E-state index in [1.165, 1.54) is 0 Å². The molecule has 3 heterocycles. The van der Waals surface area contributed by atoms with E-state index in [0.29, 0.717) is 6.54 Å². The Morgan fingerprint density at radius 3 is 2.64 bits per heavy atom. The molecule has 1 atom stereocenters. The summed E-state index contributed by atoms with van der Waals surface area (Å²) in [6.07, 6.45) is 1.58. The number of aromatic nitrogens is 1. The van der Waals surface area contributed by atoms with E-state index in [4.69, 9.17) is 14.4 Å². The second kappa shape index (κ2) is 6.63. The van der Waals surface area contributed by atoms with Crippen LogP contribution in [0.2, 0.25) is 0 Å². The first kappa shape index (κ1) is 19.0. The lowest BCUT2D eigenvalue weighted by Gasteiger charge is -2.32. The van der Waals surface area contributed by atoms with Gasteiger partial charge in [0.2, 0.25) is 0 Å². The van der Waals surface area contributed by atoms with Gasteiger partial charge in [-0.25, -0.2) is 9.78 Å². The minimum atomic E-state index is -0.985. The van der Waals surface area contributed by atoms with Gasteiger partial charge in [-0.1, -0.05) is 18.2 Å². The van der Waals surface area contributed by atoms with E-state index in [9.17, 15) is 4.79 Å². The van der Waals surface area contributed by atoms with Gasteiger partial charge in [0.1, 0.15) is 5.82 Å². The second-order valence-electron chi connectivity index (χ2n) is 8.58. The number of benzene rings is 1. The molecule has 0 spiro atoms. The molecule has 0 radical (unpaired) electrons. The molecule has 2 aromatic rings. The Labute approximate surface area is 165 Å². The average Bonchev–Trinajstić information content (AvgIpc) is 3.15. The van der Waals surface area contributed by atoms with Crippen molar-refractivity contribution in [3.8, 4) is 0 Å².